The fraction of sp³-hybridized carbons (Fsp3) is 0.133. The minimum atomic E-state index is 0.270. The number of nitrogens with zero attached hydrogens (tertiary/aromatic N) is 1. The van der Waals surface area contributed by atoms with Crippen molar-refractivity contribution in [2.24, 2.45) is 0 Å². The third kappa shape index (κ3) is 1.40. The van der Waals surface area contributed by atoms with Gasteiger partial charge in [-0.05, 0) is 32.0 Å². The van der Waals surface area contributed by atoms with Gasteiger partial charge in [0.25, 0.3) is 0 Å². The van der Waals surface area contributed by atoms with E-state index in [2.05, 4.69) is 5.16 Å². The van der Waals surface area contributed by atoms with Crippen LogP contribution in [0.1, 0.15) is 11.5 Å². The summed E-state index contributed by atoms with van der Waals surface area (Å²) in [5, 5.41) is 5.67. The molecule has 0 atom stereocenters. The molecule has 0 unspecified atom stereocenters. The van der Waals surface area contributed by atoms with Gasteiger partial charge in [-0.25, -0.2) is 0 Å². The van der Waals surface area contributed by atoms with Crippen LogP contribution in [0.3, 0.4) is 0 Å². The lowest BCUT2D eigenvalue weighted by Gasteiger charge is -2.01. The zero-order valence-corrected chi connectivity index (χ0v) is 11.1. The topological polar surface area (TPSA) is 78.3 Å². The maximum Gasteiger partial charge on any atom is 0.230 e. The molecule has 0 aliphatic rings. The Labute approximate surface area is 113 Å². The van der Waals surface area contributed by atoms with Crippen LogP contribution in [0.2, 0.25) is 0 Å². The Morgan fingerprint density at radius 2 is 1.85 bits per heavy atom. The monoisotopic (exact) mass is 268 g/mol. The molecule has 1 aromatic carbocycles. The van der Waals surface area contributed by atoms with Crippen LogP contribution in [0.25, 0.3) is 33.1 Å². The Kier molecular flexibility index (Phi) is 2.04. The van der Waals surface area contributed by atoms with Gasteiger partial charge in [0.1, 0.15) is 22.7 Å². The van der Waals surface area contributed by atoms with E-state index in [1.165, 1.54) is 0 Å². The van der Waals surface area contributed by atoms with Gasteiger partial charge < -0.3 is 19.1 Å². The number of aryl methyl sites for hydroxylation is 2. The van der Waals surface area contributed by atoms with E-state index >= 15 is 0 Å². The fourth-order valence-corrected chi connectivity index (χ4v) is 2.64. The second kappa shape index (κ2) is 3.66. The van der Waals surface area contributed by atoms with Crippen molar-refractivity contribution >= 4 is 27.8 Å². The van der Waals surface area contributed by atoms with Gasteiger partial charge in [0, 0.05) is 16.3 Å². The van der Waals surface area contributed by atoms with Crippen molar-refractivity contribution in [1.29, 1.82) is 0 Å². The predicted octanol–water partition coefficient (Wildman–Crippen LogP) is 4.03. The van der Waals surface area contributed by atoms with Crippen molar-refractivity contribution in [3.63, 3.8) is 0 Å². The van der Waals surface area contributed by atoms with Crippen molar-refractivity contribution < 1.29 is 13.4 Å². The van der Waals surface area contributed by atoms with E-state index in [-0.39, 0.29) is 5.88 Å². The third-order valence-corrected chi connectivity index (χ3v) is 3.42. The summed E-state index contributed by atoms with van der Waals surface area (Å²) >= 11 is 0. The summed E-state index contributed by atoms with van der Waals surface area (Å²) in [5.74, 6) is 1.94. The summed E-state index contributed by atoms with van der Waals surface area (Å²) in [4.78, 5) is 0. The first-order valence-electron chi connectivity index (χ1n) is 6.27. The number of fused-ring (bicyclic) bond motifs is 2. The number of nitrogen functional groups attached to an aromatic ring is 1. The molecule has 0 fully saturated rings. The number of nitrogens with two attached hydrogens (primary N) is 1. The summed E-state index contributed by atoms with van der Waals surface area (Å²) < 4.78 is 16.5. The van der Waals surface area contributed by atoms with Gasteiger partial charge in [-0.3, -0.25) is 0 Å². The zero-order valence-electron chi connectivity index (χ0n) is 11.1. The van der Waals surface area contributed by atoms with Crippen molar-refractivity contribution in [1.82, 2.24) is 5.16 Å². The molecule has 20 heavy (non-hydrogen) atoms. The van der Waals surface area contributed by atoms with E-state index in [0.717, 1.165) is 44.6 Å². The van der Waals surface area contributed by atoms with E-state index in [0.29, 0.717) is 0 Å². The molecule has 0 saturated carbocycles. The first kappa shape index (κ1) is 11.2. The molecule has 0 radical (unpaired) electrons. The van der Waals surface area contributed by atoms with Gasteiger partial charge in [0.15, 0.2) is 0 Å². The van der Waals surface area contributed by atoms with Gasteiger partial charge >= 0.3 is 0 Å². The van der Waals surface area contributed by atoms with E-state index in [9.17, 15) is 0 Å². The number of aromatic nitrogens is 1. The lowest BCUT2D eigenvalue weighted by Crippen LogP contribution is -1.86. The van der Waals surface area contributed by atoms with Crippen LogP contribution in [-0.4, -0.2) is 5.16 Å². The Hall–Kier alpha value is -2.69. The lowest BCUT2D eigenvalue weighted by atomic mass is 10.0. The first-order valence-corrected chi connectivity index (χ1v) is 6.27. The van der Waals surface area contributed by atoms with Crippen molar-refractivity contribution in [3.8, 4) is 11.1 Å². The highest BCUT2D eigenvalue weighted by molar-refractivity contribution is 6.10. The highest BCUT2D eigenvalue weighted by Crippen LogP contribution is 2.40. The molecule has 0 bridgehead atoms. The quantitative estimate of drug-likeness (QED) is 0.563. The van der Waals surface area contributed by atoms with E-state index in [1.54, 1.807) is 6.20 Å². The number of furan rings is 2. The zero-order chi connectivity index (χ0) is 13.9. The molecule has 3 aromatic heterocycles. The van der Waals surface area contributed by atoms with Gasteiger partial charge in [0.2, 0.25) is 5.88 Å². The number of hydrogen-bond donors (Lipinski definition) is 1. The van der Waals surface area contributed by atoms with Gasteiger partial charge in [0.05, 0.1) is 11.8 Å². The molecule has 0 aliphatic heterocycles. The standard InChI is InChI=1S/C15H12N2O3/c1-7-3-9-5-12-10(4-8(2)18-12)13(14(9)19-7)11-6-17-20-15(11)16/h3-6H,16H2,1-2H3. The van der Waals surface area contributed by atoms with Crippen molar-refractivity contribution in [2.45, 2.75) is 13.8 Å². The van der Waals surface area contributed by atoms with Crippen LogP contribution in [0.5, 0.6) is 0 Å². The fourth-order valence-electron chi connectivity index (χ4n) is 2.64. The summed E-state index contributed by atoms with van der Waals surface area (Å²) in [6, 6.07) is 5.91. The molecule has 4 aromatic rings. The Bertz CT molecular complexity index is 888. The second-order valence-electron chi connectivity index (χ2n) is 4.90. The van der Waals surface area contributed by atoms with Crippen molar-refractivity contribution in [3.05, 3.63) is 35.9 Å². The average molecular weight is 268 g/mol. The largest absolute Gasteiger partial charge is 0.461 e. The van der Waals surface area contributed by atoms with E-state index in [4.69, 9.17) is 19.1 Å². The maximum atomic E-state index is 5.87. The van der Waals surface area contributed by atoms with Gasteiger partial charge in [-0.15, -0.1) is 0 Å². The SMILES string of the molecule is Cc1cc2c(-c3cnoc3N)c3oc(C)cc3cc2o1. The molecule has 0 aliphatic carbocycles. The Morgan fingerprint density at radius 1 is 1.05 bits per heavy atom. The molecular weight excluding hydrogens is 256 g/mol. The molecule has 0 saturated heterocycles. The average Bonchev–Trinajstić information content (AvgIpc) is 3.04. The Morgan fingerprint density at radius 3 is 2.60 bits per heavy atom. The van der Waals surface area contributed by atoms with Crippen LogP contribution in [0.15, 0.2) is 37.8 Å². The van der Waals surface area contributed by atoms with Crippen LogP contribution in [0.4, 0.5) is 5.88 Å². The van der Waals surface area contributed by atoms with Crippen molar-refractivity contribution in [2.75, 3.05) is 5.73 Å². The Balaban J connectivity index is 2.25. The molecule has 2 N–H and O–H groups in total. The van der Waals surface area contributed by atoms with Gasteiger partial charge in [-0.1, -0.05) is 5.16 Å². The summed E-state index contributed by atoms with van der Waals surface area (Å²) in [6.45, 7) is 3.82. The summed E-state index contributed by atoms with van der Waals surface area (Å²) in [5.41, 5.74) is 9.01. The lowest BCUT2D eigenvalue weighted by molar-refractivity contribution is 0.436. The molecule has 5 heteroatoms. The highest BCUT2D eigenvalue weighted by Gasteiger charge is 2.20. The van der Waals surface area contributed by atoms with Crippen LogP contribution >= 0.6 is 0 Å². The number of benzene rings is 1. The first-order chi connectivity index (χ1) is 9.63. The number of rotatable bonds is 1. The minimum Gasteiger partial charge on any atom is -0.461 e. The van der Waals surface area contributed by atoms with E-state index in [1.807, 2.05) is 32.0 Å². The van der Waals surface area contributed by atoms with Crippen LogP contribution in [-0.2, 0) is 0 Å². The number of hydrogen-bond acceptors (Lipinski definition) is 5. The molecule has 100 valence electrons. The highest BCUT2D eigenvalue weighted by atomic mass is 16.5. The molecule has 0 spiro atoms. The normalized spacial score (nSPS) is 11.7. The summed E-state index contributed by atoms with van der Waals surface area (Å²) in [6.07, 6.45) is 1.60. The van der Waals surface area contributed by atoms with E-state index < -0.39 is 0 Å². The predicted molar refractivity (Wildman–Crippen MR) is 75.4 cm³/mol. The maximum absolute atomic E-state index is 5.87. The molecular formula is C15H12N2O3. The molecule has 3 heterocycles. The smallest absolute Gasteiger partial charge is 0.230 e. The summed E-state index contributed by atoms with van der Waals surface area (Å²) in [7, 11) is 0. The molecule has 0 amide bonds. The third-order valence-electron chi connectivity index (χ3n) is 3.42. The van der Waals surface area contributed by atoms with Crippen LogP contribution in [0, 0.1) is 13.8 Å². The van der Waals surface area contributed by atoms with Gasteiger partial charge in [-0.2, -0.15) is 0 Å². The molecule has 5 nitrogen and oxygen atoms in total. The number of anilines is 1. The van der Waals surface area contributed by atoms with Crippen LogP contribution < -0.4 is 5.73 Å². The minimum absolute atomic E-state index is 0.270. The second-order valence-corrected chi connectivity index (χ2v) is 4.90. The molecule has 4 rings (SSSR count).